The van der Waals surface area contributed by atoms with E-state index >= 15 is 0 Å². The van der Waals surface area contributed by atoms with Gasteiger partial charge in [-0.2, -0.15) is 0 Å². The Kier molecular flexibility index (Phi) is 4.71. The van der Waals surface area contributed by atoms with E-state index in [-0.39, 0.29) is 0 Å². The number of hydrogen-bond donors (Lipinski definition) is 1. The highest BCUT2D eigenvalue weighted by Gasteiger charge is 2.41. The number of aliphatic carboxylic acids is 1. The first-order chi connectivity index (χ1) is 10.6. The van der Waals surface area contributed by atoms with Crippen molar-refractivity contribution in [2.24, 2.45) is 0 Å². The van der Waals surface area contributed by atoms with Crippen molar-refractivity contribution in [1.29, 1.82) is 0 Å². The topological polar surface area (TPSA) is 55.8 Å². The fourth-order valence-electron chi connectivity index (χ4n) is 2.75. The number of methoxy groups -OCH3 is 2. The zero-order valence-electron chi connectivity index (χ0n) is 13.0. The molecule has 0 bridgehead atoms. The highest BCUT2D eigenvalue weighted by Crippen LogP contribution is 2.38. The summed E-state index contributed by atoms with van der Waals surface area (Å²) in [5.41, 5.74) is 0.244. The number of carbonyl (C=O) groups is 1. The molecule has 0 spiro atoms. The number of ether oxygens (including phenoxy) is 2. The van der Waals surface area contributed by atoms with Gasteiger partial charge in [-0.25, -0.2) is 0 Å². The highest BCUT2D eigenvalue weighted by molar-refractivity contribution is 5.86. The average molecular weight is 300 g/mol. The third kappa shape index (κ3) is 2.64. The van der Waals surface area contributed by atoms with Crippen LogP contribution < -0.4 is 9.47 Å². The van der Waals surface area contributed by atoms with E-state index in [1.165, 1.54) is 0 Å². The van der Waals surface area contributed by atoms with E-state index in [0.717, 1.165) is 0 Å². The van der Waals surface area contributed by atoms with Gasteiger partial charge in [0.2, 0.25) is 0 Å². The van der Waals surface area contributed by atoms with Crippen LogP contribution in [0.4, 0.5) is 0 Å². The van der Waals surface area contributed by atoms with Crippen molar-refractivity contribution in [1.82, 2.24) is 0 Å². The van der Waals surface area contributed by atoms with Crippen LogP contribution in [-0.4, -0.2) is 25.3 Å². The Morgan fingerprint density at radius 2 is 1.45 bits per heavy atom. The smallest absolute Gasteiger partial charge is 0.318 e. The van der Waals surface area contributed by atoms with E-state index < -0.39 is 11.4 Å². The summed E-state index contributed by atoms with van der Waals surface area (Å²) >= 11 is 0. The number of benzene rings is 2. The summed E-state index contributed by atoms with van der Waals surface area (Å²) in [5, 5.41) is 9.98. The molecule has 0 saturated heterocycles. The first-order valence-electron chi connectivity index (χ1n) is 7.11. The summed E-state index contributed by atoms with van der Waals surface area (Å²) in [4.78, 5) is 12.2. The van der Waals surface area contributed by atoms with Crippen molar-refractivity contribution in [3.05, 3.63) is 59.7 Å². The number of rotatable bonds is 6. The first kappa shape index (κ1) is 15.9. The average Bonchev–Trinajstić information content (AvgIpc) is 2.56. The molecule has 2 aromatic carbocycles. The molecule has 0 radical (unpaired) electrons. The molecule has 0 heterocycles. The standard InChI is InChI=1S/C18H20O4/c1-4-18(17(19)20,13-7-5-9-15(11-13)21-2)14-8-6-10-16(12-14)22-3/h5-12H,4H2,1-3H3,(H,19,20). The van der Waals surface area contributed by atoms with Crippen LogP contribution in [0, 0.1) is 0 Å². The Hall–Kier alpha value is -2.49. The fourth-order valence-corrected chi connectivity index (χ4v) is 2.75. The van der Waals surface area contributed by atoms with Gasteiger partial charge in [-0.3, -0.25) is 4.79 Å². The summed E-state index contributed by atoms with van der Waals surface area (Å²) in [6.45, 7) is 1.87. The molecule has 0 aliphatic carbocycles. The van der Waals surface area contributed by atoms with Crippen molar-refractivity contribution in [2.45, 2.75) is 18.8 Å². The molecule has 0 atom stereocenters. The van der Waals surface area contributed by atoms with Crippen LogP contribution in [0.5, 0.6) is 11.5 Å². The molecule has 2 rings (SSSR count). The Balaban J connectivity index is 2.68. The van der Waals surface area contributed by atoms with Crippen LogP contribution in [0.25, 0.3) is 0 Å². The van der Waals surface area contributed by atoms with Gasteiger partial charge in [0.1, 0.15) is 16.9 Å². The minimum atomic E-state index is -1.14. The van der Waals surface area contributed by atoms with Gasteiger partial charge in [-0.1, -0.05) is 31.2 Å². The molecule has 0 saturated carbocycles. The second-order valence-corrected chi connectivity index (χ2v) is 5.03. The molecule has 4 heteroatoms. The predicted molar refractivity (Wildman–Crippen MR) is 84.7 cm³/mol. The summed E-state index contributed by atoms with van der Waals surface area (Å²) in [6, 6.07) is 14.4. The number of carboxylic acids is 1. The number of hydrogen-bond acceptors (Lipinski definition) is 3. The predicted octanol–water partition coefficient (Wildman–Crippen LogP) is 3.48. The van der Waals surface area contributed by atoms with E-state index in [1.807, 2.05) is 31.2 Å². The maximum Gasteiger partial charge on any atom is 0.318 e. The molecular weight excluding hydrogens is 280 g/mol. The molecule has 1 N–H and O–H groups in total. The molecule has 4 nitrogen and oxygen atoms in total. The summed E-state index contributed by atoms with van der Waals surface area (Å²) in [5.74, 6) is 0.385. The van der Waals surface area contributed by atoms with Gasteiger partial charge in [-0.15, -0.1) is 0 Å². The molecule has 22 heavy (non-hydrogen) atoms. The van der Waals surface area contributed by atoms with Crippen molar-refractivity contribution >= 4 is 5.97 Å². The lowest BCUT2D eigenvalue weighted by Gasteiger charge is -2.30. The zero-order valence-corrected chi connectivity index (χ0v) is 13.0. The van der Waals surface area contributed by atoms with Gasteiger partial charge in [0.05, 0.1) is 14.2 Å². The molecule has 0 unspecified atom stereocenters. The molecule has 0 aromatic heterocycles. The van der Waals surface area contributed by atoms with Crippen molar-refractivity contribution in [3.8, 4) is 11.5 Å². The fraction of sp³-hybridized carbons (Fsp3) is 0.278. The normalized spacial score (nSPS) is 11.0. The van der Waals surface area contributed by atoms with Crippen LogP contribution in [-0.2, 0) is 10.2 Å². The monoisotopic (exact) mass is 300 g/mol. The lowest BCUT2D eigenvalue weighted by atomic mass is 9.72. The molecular formula is C18H20O4. The lowest BCUT2D eigenvalue weighted by molar-refractivity contribution is -0.142. The van der Waals surface area contributed by atoms with Gasteiger partial charge in [0.25, 0.3) is 0 Å². The molecule has 0 amide bonds. The molecule has 0 aliphatic rings. The van der Waals surface area contributed by atoms with Crippen LogP contribution in [0.2, 0.25) is 0 Å². The van der Waals surface area contributed by atoms with Crippen molar-refractivity contribution in [3.63, 3.8) is 0 Å². The van der Waals surface area contributed by atoms with Gasteiger partial charge in [-0.05, 0) is 41.8 Å². The third-order valence-corrected chi connectivity index (χ3v) is 4.02. The van der Waals surface area contributed by atoms with Gasteiger partial charge in [0.15, 0.2) is 0 Å². The van der Waals surface area contributed by atoms with E-state index in [9.17, 15) is 9.90 Å². The Labute approximate surface area is 130 Å². The van der Waals surface area contributed by atoms with Gasteiger partial charge < -0.3 is 14.6 Å². The van der Waals surface area contributed by atoms with E-state index in [4.69, 9.17) is 9.47 Å². The van der Waals surface area contributed by atoms with Gasteiger partial charge in [0, 0.05) is 0 Å². The van der Waals surface area contributed by atoms with Gasteiger partial charge >= 0.3 is 5.97 Å². The maximum atomic E-state index is 12.2. The summed E-state index contributed by atoms with van der Waals surface area (Å²) < 4.78 is 10.5. The highest BCUT2D eigenvalue weighted by atomic mass is 16.5. The maximum absolute atomic E-state index is 12.2. The minimum Gasteiger partial charge on any atom is -0.497 e. The van der Waals surface area contributed by atoms with Crippen molar-refractivity contribution in [2.75, 3.05) is 14.2 Å². The molecule has 0 aliphatic heterocycles. The van der Waals surface area contributed by atoms with E-state index in [0.29, 0.717) is 29.0 Å². The van der Waals surface area contributed by atoms with Crippen molar-refractivity contribution < 1.29 is 19.4 Å². The Morgan fingerprint density at radius 1 is 1.00 bits per heavy atom. The second kappa shape index (κ2) is 6.52. The van der Waals surface area contributed by atoms with Crippen LogP contribution in [0.15, 0.2) is 48.5 Å². The van der Waals surface area contributed by atoms with Crippen LogP contribution >= 0.6 is 0 Å². The Morgan fingerprint density at radius 3 is 1.77 bits per heavy atom. The molecule has 116 valence electrons. The van der Waals surface area contributed by atoms with E-state index in [2.05, 4.69) is 0 Å². The van der Waals surface area contributed by atoms with E-state index in [1.54, 1.807) is 38.5 Å². The third-order valence-electron chi connectivity index (χ3n) is 4.02. The number of carboxylic acid groups (broad SMARTS) is 1. The second-order valence-electron chi connectivity index (χ2n) is 5.03. The van der Waals surface area contributed by atoms with Crippen LogP contribution in [0.3, 0.4) is 0 Å². The molecule has 2 aromatic rings. The van der Waals surface area contributed by atoms with Crippen LogP contribution in [0.1, 0.15) is 24.5 Å². The molecule has 0 fully saturated rings. The largest absolute Gasteiger partial charge is 0.497 e. The minimum absolute atomic E-state index is 0.419. The first-order valence-corrected chi connectivity index (χ1v) is 7.11. The SMILES string of the molecule is CCC(C(=O)O)(c1cccc(OC)c1)c1cccc(OC)c1. The lowest BCUT2D eigenvalue weighted by Crippen LogP contribution is -2.36. The zero-order chi connectivity index (χ0) is 16.2. The quantitative estimate of drug-likeness (QED) is 0.887. The Bertz CT molecular complexity index is 616. The summed E-state index contributed by atoms with van der Waals surface area (Å²) in [7, 11) is 3.14. The summed E-state index contributed by atoms with van der Waals surface area (Å²) in [6.07, 6.45) is 0.419.